The van der Waals surface area contributed by atoms with Crippen LogP contribution in [-0.2, 0) is 58.7 Å². The van der Waals surface area contributed by atoms with Gasteiger partial charge in [0.1, 0.15) is 49.4 Å². The number of nitrogens with zero attached hydrogens (tertiary/aromatic N) is 3. The number of carbonyl (C=O) groups is 1. The molecule has 10 rings (SSSR count). The molecular formula is C66H61N3O5. The fourth-order valence-electron chi connectivity index (χ4n) is 10.3. The smallest absolute Gasteiger partial charge is 0.154 e. The summed E-state index contributed by atoms with van der Waals surface area (Å²) in [6.45, 7) is 6.74. The molecule has 0 fully saturated rings. The Morgan fingerprint density at radius 3 is 1.43 bits per heavy atom. The first kappa shape index (κ1) is 50.5. The summed E-state index contributed by atoms with van der Waals surface area (Å²) in [7, 11) is 4.18. The third-order valence-corrected chi connectivity index (χ3v) is 14.1. The molecule has 0 aromatic heterocycles. The molecule has 0 bridgehead atoms. The van der Waals surface area contributed by atoms with E-state index in [0.717, 1.165) is 96.4 Å². The van der Waals surface area contributed by atoms with Crippen molar-refractivity contribution in [1.82, 2.24) is 4.90 Å². The summed E-state index contributed by atoms with van der Waals surface area (Å²) >= 11 is 0. The molecule has 0 radical (unpaired) electrons. The van der Waals surface area contributed by atoms with Crippen molar-refractivity contribution in [2.75, 3.05) is 14.1 Å². The van der Waals surface area contributed by atoms with Crippen LogP contribution in [0.3, 0.4) is 0 Å². The normalized spacial score (nSPS) is 12.1. The lowest BCUT2D eigenvalue weighted by molar-refractivity contribution is 0.111. The van der Waals surface area contributed by atoms with Gasteiger partial charge >= 0.3 is 0 Å². The quantitative estimate of drug-likeness (QED) is 0.0831. The van der Waals surface area contributed by atoms with Crippen LogP contribution in [0.2, 0.25) is 0 Å². The van der Waals surface area contributed by atoms with Gasteiger partial charge in [-0.15, -0.1) is 0 Å². The second-order valence-corrected chi connectivity index (χ2v) is 19.3. The molecule has 0 heterocycles. The molecule has 74 heavy (non-hydrogen) atoms. The van der Waals surface area contributed by atoms with Crippen molar-refractivity contribution in [2.24, 2.45) is 0 Å². The second kappa shape index (κ2) is 23.9. The lowest BCUT2D eigenvalue weighted by Gasteiger charge is -2.22. The highest BCUT2D eigenvalue weighted by Gasteiger charge is 2.26. The van der Waals surface area contributed by atoms with E-state index in [1.165, 1.54) is 55.6 Å². The van der Waals surface area contributed by atoms with E-state index in [0.29, 0.717) is 42.3 Å². The van der Waals surface area contributed by atoms with Gasteiger partial charge in [-0.25, -0.2) is 0 Å². The topological polar surface area (TPSA) is 105 Å². The van der Waals surface area contributed by atoms with E-state index in [9.17, 15) is 15.3 Å². The lowest BCUT2D eigenvalue weighted by atomic mass is 9.97. The third kappa shape index (κ3) is 11.7. The van der Waals surface area contributed by atoms with Gasteiger partial charge in [0.05, 0.1) is 28.8 Å². The lowest BCUT2D eigenvalue weighted by Crippen LogP contribution is -2.14. The molecular weight excluding hydrogens is 915 g/mol. The van der Waals surface area contributed by atoms with E-state index in [1.54, 1.807) is 12.1 Å². The zero-order valence-electron chi connectivity index (χ0n) is 42.7. The molecule has 0 saturated heterocycles. The van der Waals surface area contributed by atoms with Crippen LogP contribution in [0.1, 0.15) is 95.5 Å². The molecule has 8 aromatic carbocycles. The molecule has 0 unspecified atom stereocenters. The molecule has 8 heteroatoms. The van der Waals surface area contributed by atoms with Crippen LogP contribution in [0, 0.1) is 36.5 Å². The molecule has 370 valence electrons. The summed E-state index contributed by atoms with van der Waals surface area (Å²) in [6.07, 6.45) is 6.80. The SMILES string of the molecule is Cc1c(COc2cc(OCc3cccc(C#N)c3)c(C=O)c3c2CCC3)cccc1-c1ccccc1.Cc1c(COc2cc(OCc3cccc(C#N)c3)c(CN(C)C)c3c2CCC3)cccc1-c1ccccc1. The van der Waals surface area contributed by atoms with Crippen LogP contribution in [-0.4, -0.2) is 25.3 Å². The molecule has 0 amide bonds. The van der Waals surface area contributed by atoms with E-state index < -0.39 is 0 Å². The Labute approximate surface area is 436 Å². The van der Waals surface area contributed by atoms with E-state index in [-0.39, 0.29) is 6.61 Å². The van der Waals surface area contributed by atoms with Crippen LogP contribution >= 0.6 is 0 Å². The predicted octanol–water partition coefficient (Wildman–Crippen LogP) is 14.2. The van der Waals surface area contributed by atoms with Crippen molar-refractivity contribution in [3.05, 3.63) is 236 Å². The summed E-state index contributed by atoms with van der Waals surface area (Å²) in [6, 6.07) is 56.8. The average molecular weight is 976 g/mol. The van der Waals surface area contributed by atoms with Crippen molar-refractivity contribution in [2.45, 2.75) is 85.3 Å². The minimum absolute atomic E-state index is 0.271. The van der Waals surface area contributed by atoms with Crippen LogP contribution in [0.5, 0.6) is 23.0 Å². The maximum atomic E-state index is 12.0. The summed E-state index contributed by atoms with van der Waals surface area (Å²) in [5.74, 6) is 3.09. The monoisotopic (exact) mass is 975 g/mol. The van der Waals surface area contributed by atoms with Crippen molar-refractivity contribution >= 4 is 6.29 Å². The zero-order chi connectivity index (χ0) is 51.4. The highest BCUT2D eigenvalue weighted by Crippen LogP contribution is 2.42. The summed E-state index contributed by atoms with van der Waals surface area (Å²) in [5.41, 5.74) is 19.3. The van der Waals surface area contributed by atoms with Gasteiger partial charge in [-0.05, 0) is 169 Å². The standard InChI is InChI=1S/C34H34N2O2.C32H27NO3/c1-24-28(14-8-15-29(24)27-12-5-4-6-13-27)23-38-33-19-34(37-22-26-11-7-10-25(18-26)20-35)32(21-36(2)3)30-16-9-17-31(30)33;1-22-26(12-6-13-27(22)25-10-3-2-4-11-25)21-36-31-17-32(30(19-34)28-14-7-15-29(28)31)35-20-24-9-5-8-23(16-24)18-33/h4-8,10-15,18-19H,9,16-17,21-23H2,1-3H3;2-6,8-13,16-17,19H,7,14-15,20-21H2,1H3. The van der Waals surface area contributed by atoms with Gasteiger partial charge in [0, 0.05) is 24.2 Å². The first-order valence-electron chi connectivity index (χ1n) is 25.4. The molecule has 0 aliphatic heterocycles. The van der Waals surface area contributed by atoms with Gasteiger partial charge in [-0.3, -0.25) is 4.79 Å². The van der Waals surface area contributed by atoms with Gasteiger partial charge in [-0.2, -0.15) is 10.5 Å². The number of nitriles is 2. The van der Waals surface area contributed by atoms with Crippen molar-refractivity contribution < 1.29 is 23.7 Å². The largest absolute Gasteiger partial charge is 0.488 e. The average Bonchev–Trinajstić information content (AvgIpc) is 4.15. The first-order valence-corrected chi connectivity index (χ1v) is 25.4. The van der Waals surface area contributed by atoms with Crippen LogP contribution in [0.25, 0.3) is 22.3 Å². The minimum atomic E-state index is 0.271. The predicted molar refractivity (Wildman–Crippen MR) is 293 cm³/mol. The zero-order valence-corrected chi connectivity index (χ0v) is 42.7. The number of benzene rings is 8. The molecule has 2 aliphatic carbocycles. The molecule has 8 aromatic rings. The molecule has 8 nitrogen and oxygen atoms in total. The Kier molecular flexibility index (Phi) is 16.3. The Morgan fingerprint density at radius 2 is 0.932 bits per heavy atom. The maximum Gasteiger partial charge on any atom is 0.154 e. The summed E-state index contributed by atoms with van der Waals surface area (Å²) in [4.78, 5) is 14.2. The van der Waals surface area contributed by atoms with Crippen molar-refractivity contribution in [3.8, 4) is 57.4 Å². The highest BCUT2D eigenvalue weighted by atomic mass is 16.5. The van der Waals surface area contributed by atoms with E-state index in [4.69, 9.17) is 18.9 Å². The van der Waals surface area contributed by atoms with Gasteiger partial charge in [-0.1, -0.05) is 121 Å². The van der Waals surface area contributed by atoms with Gasteiger partial charge in [0.25, 0.3) is 0 Å². The van der Waals surface area contributed by atoms with E-state index >= 15 is 0 Å². The number of rotatable bonds is 17. The molecule has 0 spiro atoms. The number of carbonyl (C=O) groups excluding carboxylic acids is 1. The minimum Gasteiger partial charge on any atom is -0.488 e. The number of ether oxygens (including phenoxy) is 4. The number of hydrogen-bond donors (Lipinski definition) is 0. The maximum absolute atomic E-state index is 12.0. The van der Waals surface area contributed by atoms with Gasteiger partial charge < -0.3 is 23.8 Å². The third-order valence-electron chi connectivity index (χ3n) is 14.1. The van der Waals surface area contributed by atoms with Crippen LogP contribution < -0.4 is 18.9 Å². The second-order valence-electron chi connectivity index (χ2n) is 19.3. The first-order chi connectivity index (χ1) is 36.2. The Bertz CT molecular complexity index is 3370. The molecule has 2 aliphatic rings. The van der Waals surface area contributed by atoms with Crippen LogP contribution in [0.4, 0.5) is 0 Å². The Morgan fingerprint density at radius 1 is 0.486 bits per heavy atom. The Hall–Kier alpha value is -8.43. The van der Waals surface area contributed by atoms with Crippen molar-refractivity contribution in [1.29, 1.82) is 10.5 Å². The highest BCUT2D eigenvalue weighted by molar-refractivity contribution is 5.84. The van der Waals surface area contributed by atoms with Gasteiger partial charge in [0.2, 0.25) is 0 Å². The van der Waals surface area contributed by atoms with Crippen molar-refractivity contribution in [3.63, 3.8) is 0 Å². The molecule has 0 N–H and O–H groups in total. The number of hydrogen-bond acceptors (Lipinski definition) is 8. The summed E-state index contributed by atoms with van der Waals surface area (Å²) < 4.78 is 25.5. The number of aldehydes is 1. The summed E-state index contributed by atoms with van der Waals surface area (Å²) in [5, 5.41) is 18.4. The van der Waals surface area contributed by atoms with Gasteiger partial charge in [0.15, 0.2) is 6.29 Å². The number of fused-ring (bicyclic) bond motifs is 2. The molecule has 0 saturated carbocycles. The van der Waals surface area contributed by atoms with E-state index in [2.05, 4.69) is 124 Å². The fraction of sp³-hybridized carbons (Fsp3) is 0.227. The molecule has 0 atom stereocenters. The Balaban J connectivity index is 0.000000182. The van der Waals surface area contributed by atoms with E-state index in [1.807, 2.05) is 66.7 Å². The fourth-order valence-corrected chi connectivity index (χ4v) is 10.3. The van der Waals surface area contributed by atoms with Crippen LogP contribution in [0.15, 0.2) is 158 Å².